The van der Waals surface area contributed by atoms with Gasteiger partial charge in [-0.25, -0.2) is 0 Å². The molecule has 1 aliphatic heterocycles. The third kappa shape index (κ3) is 3.81. The number of amides is 1. The minimum atomic E-state index is -0.0201. The van der Waals surface area contributed by atoms with Crippen molar-refractivity contribution >= 4 is 5.91 Å². The average molecular weight is 287 g/mol. The predicted octanol–water partition coefficient (Wildman–Crippen LogP) is 0.999. The Labute approximate surface area is 125 Å². The molecule has 1 saturated heterocycles. The maximum Gasteiger partial charge on any atom is 0.224 e. The summed E-state index contributed by atoms with van der Waals surface area (Å²) in [5.41, 5.74) is 1.82. The van der Waals surface area contributed by atoms with Crippen LogP contribution in [0.3, 0.4) is 0 Å². The molecule has 1 heterocycles. The van der Waals surface area contributed by atoms with Crippen molar-refractivity contribution in [2.45, 2.75) is 6.54 Å². The van der Waals surface area contributed by atoms with Crippen molar-refractivity contribution in [2.24, 2.45) is 11.8 Å². The van der Waals surface area contributed by atoms with E-state index >= 15 is 0 Å². The van der Waals surface area contributed by atoms with E-state index in [2.05, 4.69) is 16.3 Å². The number of nitriles is 1. The molecule has 1 fully saturated rings. The van der Waals surface area contributed by atoms with E-state index in [1.165, 1.54) is 0 Å². The number of nitrogens with zero attached hydrogens (tertiary/aromatic N) is 2. The Morgan fingerprint density at radius 3 is 2.71 bits per heavy atom. The summed E-state index contributed by atoms with van der Waals surface area (Å²) in [6, 6.07) is 9.71. The summed E-state index contributed by atoms with van der Waals surface area (Å²) in [5.74, 6) is 0.293. The van der Waals surface area contributed by atoms with E-state index in [4.69, 9.17) is 10.00 Å². The Kier molecular flexibility index (Phi) is 5.32. The summed E-state index contributed by atoms with van der Waals surface area (Å²) >= 11 is 0. The highest BCUT2D eigenvalue weighted by atomic mass is 16.5. The molecule has 2 atom stereocenters. The van der Waals surface area contributed by atoms with Crippen LogP contribution in [-0.4, -0.2) is 44.7 Å². The van der Waals surface area contributed by atoms with Crippen molar-refractivity contribution in [2.75, 3.05) is 33.9 Å². The Hall–Kier alpha value is -1.90. The minimum absolute atomic E-state index is 0.0201. The van der Waals surface area contributed by atoms with Crippen LogP contribution in [0.15, 0.2) is 24.3 Å². The molecule has 0 aliphatic carbocycles. The van der Waals surface area contributed by atoms with Gasteiger partial charge in [0.2, 0.25) is 5.91 Å². The maximum absolute atomic E-state index is 12.0. The van der Waals surface area contributed by atoms with Gasteiger partial charge in [0, 0.05) is 39.7 Å². The van der Waals surface area contributed by atoms with Crippen molar-refractivity contribution in [3.05, 3.63) is 35.4 Å². The summed E-state index contributed by atoms with van der Waals surface area (Å²) in [6.07, 6.45) is 0. The number of carbonyl (C=O) groups is 1. The lowest BCUT2D eigenvalue weighted by Crippen LogP contribution is -2.34. The van der Waals surface area contributed by atoms with E-state index in [9.17, 15) is 4.79 Å². The van der Waals surface area contributed by atoms with Crippen molar-refractivity contribution < 1.29 is 9.53 Å². The zero-order valence-corrected chi connectivity index (χ0v) is 12.5. The van der Waals surface area contributed by atoms with Crippen LogP contribution in [0.2, 0.25) is 0 Å². The fraction of sp³-hybridized carbons (Fsp3) is 0.500. The molecule has 0 radical (unpaired) electrons. The monoisotopic (exact) mass is 287 g/mol. The first-order valence-corrected chi connectivity index (χ1v) is 7.10. The molecule has 0 unspecified atom stereocenters. The number of ether oxygens (including phenoxy) is 1. The van der Waals surface area contributed by atoms with Gasteiger partial charge < -0.3 is 10.1 Å². The topological polar surface area (TPSA) is 65.4 Å². The quantitative estimate of drug-likeness (QED) is 0.877. The first-order valence-electron chi connectivity index (χ1n) is 7.10. The zero-order valence-electron chi connectivity index (χ0n) is 12.5. The molecule has 112 valence electrons. The molecule has 2 rings (SSSR count). The van der Waals surface area contributed by atoms with E-state index in [1.807, 2.05) is 24.3 Å². The largest absolute Gasteiger partial charge is 0.384 e. The maximum atomic E-state index is 12.0. The van der Waals surface area contributed by atoms with Gasteiger partial charge in [-0.15, -0.1) is 0 Å². The van der Waals surface area contributed by atoms with Crippen LogP contribution in [0, 0.1) is 23.2 Å². The summed E-state index contributed by atoms with van der Waals surface area (Å²) in [5, 5.41) is 11.5. The molecular formula is C16H21N3O2. The number of benzene rings is 1. The number of rotatable bonds is 5. The van der Waals surface area contributed by atoms with Crippen molar-refractivity contribution in [1.82, 2.24) is 10.2 Å². The zero-order chi connectivity index (χ0) is 15.2. The second-order valence-corrected chi connectivity index (χ2v) is 5.44. The molecule has 1 aromatic rings. The lowest BCUT2D eigenvalue weighted by atomic mass is 9.96. The van der Waals surface area contributed by atoms with Crippen LogP contribution in [0.5, 0.6) is 0 Å². The Morgan fingerprint density at radius 2 is 2.14 bits per heavy atom. The lowest BCUT2D eigenvalue weighted by Gasteiger charge is -2.15. The van der Waals surface area contributed by atoms with E-state index in [1.54, 1.807) is 14.2 Å². The number of hydrogen-bond donors (Lipinski definition) is 1. The molecule has 1 amide bonds. The van der Waals surface area contributed by atoms with E-state index in [0.29, 0.717) is 12.2 Å². The molecular weight excluding hydrogens is 266 g/mol. The summed E-state index contributed by atoms with van der Waals surface area (Å²) in [7, 11) is 3.35. The highest BCUT2D eigenvalue weighted by Crippen LogP contribution is 2.25. The standard InChI is InChI=1S/C16H21N3O2/c1-18-16(20)15-10-19(9-14(15)11-21-2)8-13-5-3-12(7-17)4-6-13/h3-6,14-15H,8-11H2,1-2H3,(H,18,20)/t14-,15+/m0/s1. The van der Waals surface area contributed by atoms with Crippen LogP contribution in [-0.2, 0) is 16.1 Å². The smallest absolute Gasteiger partial charge is 0.224 e. The van der Waals surface area contributed by atoms with Crippen LogP contribution in [0.1, 0.15) is 11.1 Å². The van der Waals surface area contributed by atoms with Crippen LogP contribution < -0.4 is 5.32 Å². The summed E-state index contributed by atoms with van der Waals surface area (Å²) < 4.78 is 5.24. The van der Waals surface area contributed by atoms with Crippen LogP contribution >= 0.6 is 0 Å². The van der Waals surface area contributed by atoms with Gasteiger partial charge in [0.25, 0.3) is 0 Å². The molecule has 0 saturated carbocycles. The number of carbonyl (C=O) groups excluding carboxylic acids is 1. The first kappa shape index (κ1) is 15.5. The molecule has 0 bridgehead atoms. The van der Waals surface area contributed by atoms with Crippen LogP contribution in [0.25, 0.3) is 0 Å². The van der Waals surface area contributed by atoms with Gasteiger partial charge in [-0.05, 0) is 17.7 Å². The normalized spacial score (nSPS) is 22.0. The molecule has 5 nitrogen and oxygen atoms in total. The lowest BCUT2D eigenvalue weighted by molar-refractivity contribution is -0.125. The average Bonchev–Trinajstić information content (AvgIpc) is 2.90. The van der Waals surface area contributed by atoms with Gasteiger partial charge in [0.1, 0.15) is 0 Å². The van der Waals surface area contributed by atoms with Crippen molar-refractivity contribution in [1.29, 1.82) is 5.26 Å². The highest BCUT2D eigenvalue weighted by molar-refractivity contribution is 5.79. The molecule has 0 aromatic heterocycles. The molecule has 1 N–H and O–H groups in total. The molecule has 0 spiro atoms. The van der Waals surface area contributed by atoms with Gasteiger partial charge in [-0.2, -0.15) is 5.26 Å². The number of likely N-dealkylation sites (tertiary alicyclic amines) is 1. The summed E-state index contributed by atoms with van der Waals surface area (Å²) in [6.45, 7) is 2.99. The fourth-order valence-electron chi connectivity index (χ4n) is 2.90. The Morgan fingerprint density at radius 1 is 1.43 bits per heavy atom. The minimum Gasteiger partial charge on any atom is -0.384 e. The van der Waals surface area contributed by atoms with E-state index in [-0.39, 0.29) is 17.7 Å². The Balaban J connectivity index is 2.01. The van der Waals surface area contributed by atoms with Crippen LogP contribution in [0.4, 0.5) is 0 Å². The Bertz CT molecular complexity index is 521. The first-order chi connectivity index (χ1) is 10.2. The third-order valence-electron chi connectivity index (χ3n) is 3.97. The van der Waals surface area contributed by atoms with Gasteiger partial charge in [0.15, 0.2) is 0 Å². The highest BCUT2D eigenvalue weighted by Gasteiger charge is 2.36. The molecule has 1 aromatic carbocycles. The van der Waals surface area contributed by atoms with Gasteiger partial charge >= 0.3 is 0 Å². The SMILES string of the molecule is CNC(=O)[C@@H]1CN(Cc2ccc(C#N)cc2)C[C@H]1COC. The number of nitrogens with one attached hydrogen (secondary N) is 1. The van der Waals surface area contributed by atoms with Gasteiger partial charge in [0.05, 0.1) is 24.2 Å². The number of hydrogen-bond acceptors (Lipinski definition) is 4. The van der Waals surface area contributed by atoms with E-state index in [0.717, 1.165) is 25.2 Å². The number of methoxy groups -OCH3 is 1. The second-order valence-electron chi connectivity index (χ2n) is 5.44. The van der Waals surface area contributed by atoms with Gasteiger partial charge in [-0.3, -0.25) is 9.69 Å². The summed E-state index contributed by atoms with van der Waals surface area (Å²) in [4.78, 5) is 14.2. The predicted molar refractivity (Wildman–Crippen MR) is 79.4 cm³/mol. The fourth-order valence-corrected chi connectivity index (χ4v) is 2.90. The third-order valence-corrected chi connectivity index (χ3v) is 3.97. The molecule has 5 heteroatoms. The molecule has 1 aliphatic rings. The van der Waals surface area contributed by atoms with E-state index < -0.39 is 0 Å². The van der Waals surface area contributed by atoms with Crippen molar-refractivity contribution in [3.63, 3.8) is 0 Å². The van der Waals surface area contributed by atoms with Crippen molar-refractivity contribution in [3.8, 4) is 6.07 Å². The van der Waals surface area contributed by atoms with Gasteiger partial charge in [-0.1, -0.05) is 12.1 Å². The molecule has 21 heavy (non-hydrogen) atoms. The second kappa shape index (κ2) is 7.21.